The number of nitrogens with zero attached hydrogens (tertiary/aromatic N) is 4. The first-order valence-electron chi connectivity index (χ1n) is 12.2. The van der Waals surface area contributed by atoms with Crippen LogP contribution in [0.2, 0.25) is 0 Å². The number of benzene rings is 3. The topological polar surface area (TPSA) is 81.0 Å². The van der Waals surface area contributed by atoms with Crippen LogP contribution in [0, 0.1) is 18.3 Å². The molecule has 192 valence electrons. The van der Waals surface area contributed by atoms with E-state index in [1.54, 1.807) is 35.9 Å². The standard InChI is InChI=1S/C29H27N5O2S2/c1-5-14-31-22-12-8-19(17-30)15-23(22)32-29-34(20-9-6-18(2)7-10-20)27(35)26(38-29)28-33(3)24-16-21(36-4)11-13-25(24)37-28/h6-13,15-16,31H,5,14H2,1-4H3/b28-26-,32-29?. The minimum absolute atomic E-state index is 0.133. The number of aryl methyl sites for hydroxylation is 1. The van der Waals surface area contributed by atoms with Crippen LogP contribution >= 0.6 is 23.5 Å². The highest BCUT2D eigenvalue weighted by molar-refractivity contribution is 8.20. The van der Waals surface area contributed by atoms with Gasteiger partial charge in [-0.3, -0.25) is 9.69 Å². The lowest BCUT2D eigenvalue weighted by atomic mass is 10.2. The highest BCUT2D eigenvalue weighted by atomic mass is 32.2. The predicted molar refractivity (Wildman–Crippen MR) is 158 cm³/mol. The molecular formula is C29H27N5O2S2. The fourth-order valence-corrected chi connectivity index (χ4v) is 6.48. The molecule has 7 nitrogen and oxygen atoms in total. The van der Waals surface area contributed by atoms with E-state index in [0.29, 0.717) is 21.3 Å². The summed E-state index contributed by atoms with van der Waals surface area (Å²) in [5.41, 5.74) is 4.79. The number of hydrogen-bond acceptors (Lipinski definition) is 8. The minimum atomic E-state index is -0.133. The van der Waals surface area contributed by atoms with Gasteiger partial charge in [0.05, 0.1) is 46.5 Å². The van der Waals surface area contributed by atoms with Crippen molar-refractivity contribution in [1.29, 1.82) is 5.26 Å². The number of rotatable bonds is 6. The lowest BCUT2D eigenvalue weighted by Crippen LogP contribution is -2.29. The van der Waals surface area contributed by atoms with Crippen LogP contribution in [0.15, 0.2) is 80.5 Å². The number of methoxy groups -OCH3 is 1. The summed E-state index contributed by atoms with van der Waals surface area (Å²) >= 11 is 2.91. The number of carbonyl (C=O) groups is 1. The summed E-state index contributed by atoms with van der Waals surface area (Å²) in [6.07, 6.45) is 0.948. The van der Waals surface area contributed by atoms with Crippen molar-refractivity contribution in [2.75, 3.05) is 35.8 Å². The summed E-state index contributed by atoms with van der Waals surface area (Å²) in [5, 5.41) is 14.3. The maximum atomic E-state index is 14.0. The second kappa shape index (κ2) is 10.9. The molecule has 3 aromatic rings. The van der Waals surface area contributed by atoms with Crippen molar-refractivity contribution in [3.05, 3.63) is 81.7 Å². The Balaban J connectivity index is 1.62. The van der Waals surface area contributed by atoms with E-state index < -0.39 is 0 Å². The van der Waals surface area contributed by atoms with Crippen molar-refractivity contribution < 1.29 is 9.53 Å². The molecule has 0 bridgehead atoms. The zero-order chi connectivity index (χ0) is 26.8. The van der Waals surface area contributed by atoms with Gasteiger partial charge in [-0.1, -0.05) is 36.4 Å². The summed E-state index contributed by atoms with van der Waals surface area (Å²) in [4.78, 5) is 24.3. The van der Waals surface area contributed by atoms with E-state index in [4.69, 9.17) is 9.73 Å². The van der Waals surface area contributed by atoms with Gasteiger partial charge < -0.3 is 15.0 Å². The van der Waals surface area contributed by atoms with Gasteiger partial charge in [-0.05, 0) is 67.6 Å². The number of nitrogens with one attached hydrogen (secondary N) is 1. The van der Waals surface area contributed by atoms with E-state index in [1.165, 1.54) is 11.8 Å². The molecule has 1 saturated heterocycles. The first-order valence-corrected chi connectivity index (χ1v) is 13.9. The molecule has 0 atom stereocenters. The highest BCUT2D eigenvalue weighted by Gasteiger charge is 2.40. The molecule has 3 aromatic carbocycles. The Morgan fingerprint density at radius 3 is 2.58 bits per heavy atom. The molecule has 0 aromatic heterocycles. The fourth-order valence-electron chi connectivity index (χ4n) is 4.16. The average Bonchev–Trinajstić information content (AvgIpc) is 3.43. The largest absolute Gasteiger partial charge is 0.497 e. The van der Waals surface area contributed by atoms with Crippen LogP contribution in [-0.2, 0) is 4.79 Å². The first kappa shape index (κ1) is 25.8. The van der Waals surface area contributed by atoms with Crippen molar-refractivity contribution in [1.82, 2.24) is 0 Å². The molecule has 2 aliphatic heterocycles. The van der Waals surface area contributed by atoms with E-state index in [1.807, 2.05) is 67.4 Å². The van der Waals surface area contributed by atoms with Crippen LogP contribution in [0.5, 0.6) is 5.75 Å². The average molecular weight is 542 g/mol. The molecule has 0 unspecified atom stereocenters. The van der Waals surface area contributed by atoms with Crippen molar-refractivity contribution in [3.8, 4) is 11.8 Å². The van der Waals surface area contributed by atoms with Crippen LogP contribution in [-0.4, -0.2) is 31.8 Å². The molecule has 0 radical (unpaired) electrons. The van der Waals surface area contributed by atoms with Gasteiger partial charge in [0.2, 0.25) is 0 Å². The maximum Gasteiger partial charge on any atom is 0.274 e. The number of amidine groups is 1. The smallest absolute Gasteiger partial charge is 0.274 e. The number of hydrogen-bond donors (Lipinski definition) is 1. The Bertz CT molecular complexity index is 1510. The van der Waals surface area contributed by atoms with Gasteiger partial charge in [-0.2, -0.15) is 5.26 Å². The maximum absolute atomic E-state index is 14.0. The summed E-state index contributed by atoms with van der Waals surface area (Å²) in [7, 11) is 3.61. The van der Waals surface area contributed by atoms with E-state index in [9.17, 15) is 10.1 Å². The molecule has 1 fully saturated rings. The molecule has 0 aliphatic carbocycles. The lowest BCUT2D eigenvalue weighted by Gasteiger charge is -2.17. The van der Waals surface area contributed by atoms with Gasteiger partial charge >= 0.3 is 0 Å². The first-order chi connectivity index (χ1) is 18.4. The molecule has 1 N–H and O–H groups in total. The SMILES string of the molecule is CCCNc1ccc(C#N)cc1N=C1S/C(=C2\Sc3ccc(OC)cc3N2C)C(=O)N1c1ccc(C)cc1. The van der Waals surface area contributed by atoms with Crippen LogP contribution in [0.1, 0.15) is 24.5 Å². The fraction of sp³-hybridized carbons (Fsp3) is 0.207. The third-order valence-corrected chi connectivity index (χ3v) is 8.61. The monoisotopic (exact) mass is 541 g/mol. The summed E-state index contributed by atoms with van der Waals surface area (Å²) in [6.45, 7) is 4.88. The molecule has 0 spiro atoms. The number of nitriles is 1. The quantitative estimate of drug-likeness (QED) is 0.341. The number of ether oxygens (including phenoxy) is 1. The van der Waals surface area contributed by atoms with Gasteiger partial charge in [-0.25, -0.2) is 4.99 Å². The molecule has 0 saturated carbocycles. The van der Waals surface area contributed by atoms with Gasteiger partial charge in [-0.15, -0.1) is 0 Å². The molecule has 38 heavy (non-hydrogen) atoms. The molecular weight excluding hydrogens is 514 g/mol. The summed E-state index contributed by atoms with van der Waals surface area (Å²) < 4.78 is 5.42. The van der Waals surface area contributed by atoms with E-state index in [2.05, 4.69) is 18.3 Å². The van der Waals surface area contributed by atoms with Gasteiger partial charge in [0.15, 0.2) is 5.17 Å². The van der Waals surface area contributed by atoms with E-state index >= 15 is 0 Å². The van der Waals surface area contributed by atoms with Crippen LogP contribution < -0.4 is 19.9 Å². The second-order valence-corrected chi connectivity index (χ2v) is 10.9. The number of aliphatic imine (C=N–C) groups is 1. The van der Waals surface area contributed by atoms with Gasteiger partial charge in [0.1, 0.15) is 10.7 Å². The predicted octanol–water partition coefficient (Wildman–Crippen LogP) is 6.88. The molecule has 9 heteroatoms. The van der Waals surface area contributed by atoms with Gasteiger partial charge in [0.25, 0.3) is 5.91 Å². The second-order valence-electron chi connectivity index (χ2n) is 8.87. The van der Waals surface area contributed by atoms with Crippen molar-refractivity contribution in [3.63, 3.8) is 0 Å². The van der Waals surface area contributed by atoms with Crippen molar-refractivity contribution in [2.45, 2.75) is 25.2 Å². The number of fused-ring (bicyclic) bond motifs is 1. The Hall–Kier alpha value is -3.87. The highest BCUT2D eigenvalue weighted by Crippen LogP contribution is 2.51. The van der Waals surface area contributed by atoms with Crippen LogP contribution in [0.25, 0.3) is 0 Å². The Kier molecular flexibility index (Phi) is 7.36. The molecule has 1 amide bonds. The third kappa shape index (κ3) is 4.85. The normalized spacial score (nSPS) is 17.7. The number of thioether (sulfide) groups is 2. The van der Waals surface area contributed by atoms with Crippen molar-refractivity contribution in [2.24, 2.45) is 4.99 Å². The third-order valence-electron chi connectivity index (χ3n) is 6.22. The van der Waals surface area contributed by atoms with E-state index in [0.717, 1.165) is 51.3 Å². The van der Waals surface area contributed by atoms with Crippen molar-refractivity contribution >= 4 is 57.3 Å². The molecule has 2 aliphatic rings. The van der Waals surface area contributed by atoms with E-state index in [-0.39, 0.29) is 5.91 Å². The Morgan fingerprint density at radius 2 is 1.87 bits per heavy atom. The zero-order valence-electron chi connectivity index (χ0n) is 21.6. The Morgan fingerprint density at radius 1 is 1.08 bits per heavy atom. The zero-order valence-corrected chi connectivity index (χ0v) is 23.2. The number of amides is 1. The number of carbonyl (C=O) groups excluding carboxylic acids is 1. The van der Waals surface area contributed by atoms with Gasteiger partial charge in [0, 0.05) is 24.6 Å². The summed E-state index contributed by atoms with van der Waals surface area (Å²) in [5.74, 6) is 0.632. The molecule has 2 heterocycles. The number of anilines is 3. The summed E-state index contributed by atoms with van der Waals surface area (Å²) in [6, 6.07) is 21.4. The van der Waals surface area contributed by atoms with Crippen LogP contribution in [0.4, 0.5) is 22.7 Å². The lowest BCUT2D eigenvalue weighted by molar-refractivity contribution is -0.113. The Labute approximate surface area is 231 Å². The van der Waals surface area contributed by atoms with Crippen LogP contribution in [0.3, 0.4) is 0 Å². The molecule has 5 rings (SSSR count). The minimum Gasteiger partial charge on any atom is -0.497 e.